The lowest BCUT2D eigenvalue weighted by molar-refractivity contribution is 0.0977. The average molecular weight is 471 g/mol. The molecule has 0 saturated carbocycles. The Labute approximate surface area is 200 Å². The molecule has 0 fully saturated rings. The van der Waals surface area contributed by atoms with Crippen molar-refractivity contribution in [2.45, 2.75) is 12.3 Å². The molecule has 2 heterocycles. The number of fused-ring (bicyclic) bond motifs is 2. The number of rotatable bonds is 4. The Balaban J connectivity index is 1.66. The van der Waals surface area contributed by atoms with Gasteiger partial charge in [0.2, 0.25) is 5.88 Å². The number of carbonyl (C=O) groups excluding carboxylic acids is 1. The zero-order valence-corrected chi connectivity index (χ0v) is 18.8. The maximum absolute atomic E-state index is 13.2. The van der Waals surface area contributed by atoms with Gasteiger partial charge in [0.15, 0.2) is 11.5 Å². The van der Waals surface area contributed by atoms with Gasteiger partial charge < -0.3 is 4.74 Å². The van der Waals surface area contributed by atoms with Gasteiger partial charge >= 0.3 is 0 Å². The summed E-state index contributed by atoms with van der Waals surface area (Å²) in [5.74, 6) is 0.176. The van der Waals surface area contributed by atoms with Gasteiger partial charge in [-0.25, -0.2) is 4.98 Å². The Morgan fingerprint density at radius 3 is 2.33 bits per heavy atom. The Hall–Kier alpha value is -3.65. The standard InChI is InChI=1S/C27H16Cl2N2O2/c28-19-9-5-16(6-10-19)25(32)14-21-22-13-18-3-1-2-4-24(18)31-27(22)33-26(23(21)15-30)17-7-11-20(29)12-8-17/h1-13,21H,14H2. The van der Waals surface area contributed by atoms with E-state index in [1.165, 1.54) is 0 Å². The molecule has 33 heavy (non-hydrogen) atoms. The highest BCUT2D eigenvalue weighted by Crippen LogP contribution is 2.44. The molecular formula is C27H16Cl2N2O2. The minimum absolute atomic E-state index is 0.0952. The predicted octanol–water partition coefficient (Wildman–Crippen LogP) is 7.23. The van der Waals surface area contributed by atoms with Crippen molar-refractivity contribution in [3.8, 4) is 11.9 Å². The molecule has 0 radical (unpaired) electrons. The summed E-state index contributed by atoms with van der Waals surface area (Å²) in [6, 6.07) is 25.7. The maximum Gasteiger partial charge on any atom is 0.223 e. The van der Waals surface area contributed by atoms with Gasteiger partial charge in [0.1, 0.15) is 0 Å². The van der Waals surface area contributed by atoms with E-state index < -0.39 is 5.92 Å². The number of pyridine rings is 1. The average Bonchev–Trinajstić information content (AvgIpc) is 2.83. The minimum Gasteiger partial charge on any atom is -0.437 e. The van der Waals surface area contributed by atoms with Gasteiger partial charge in [0, 0.05) is 44.5 Å². The van der Waals surface area contributed by atoms with Crippen LogP contribution in [0.3, 0.4) is 0 Å². The summed E-state index contributed by atoms with van der Waals surface area (Å²) < 4.78 is 6.18. The molecule has 4 nitrogen and oxygen atoms in total. The maximum atomic E-state index is 13.2. The second-order valence-electron chi connectivity index (χ2n) is 7.73. The van der Waals surface area contributed by atoms with Crippen molar-refractivity contribution in [2.75, 3.05) is 0 Å². The summed E-state index contributed by atoms with van der Waals surface area (Å²) in [6.07, 6.45) is 0.0952. The number of aromatic nitrogens is 1. The van der Waals surface area contributed by atoms with Crippen LogP contribution in [0.4, 0.5) is 0 Å². The van der Waals surface area contributed by atoms with E-state index in [0.717, 1.165) is 10.9 Å². The highest BCUT2D eigenvalue weighted by Gasteiger charge is 2.34. The van der Waals surface area contributed by atoms with E-state index in [2.05, 4.69) is 6.07 Å². The molecule has 4 aromatic rings. The number of Topliss-reactive ketones (excluding diaryl/α,β-unsaturated/α-hetero) is 1. The third kappa shape index (κ3) is 4.09. The molecular weight excluding hydrogens is 455 g/mol. The van der Waals surface area contributed by atoms with Gasteiger partial charge in [-0.3, -0.25) is 4.79 Å². The molecule has 1 aliphatic heterocycles. The van der Waals surface area contributed by atoms with E-state index in [4.69, 9.17) is 32.9 Å². The van der Waals surface area contributed by atoms with E-state index in [-0.39, 0.29) is 12.2 Å². The lowest BCUT2D eigenvalue weighted by atomic mass is 9.83. The molecule has 1 aliphatic rings. The van der Waals surface area contributed by atoms with Crippen LogP contribution >= 0.6 is 23.2 Å². The van der Waals surface area contributed by atoms with Gasteiger partial charge in [-0.15, -0.1) is 0 Å². The Bertz CT molecular complexity index is 1450. The van der Waals surface area contributed by atoms with E-state index >= 15 is 0 Å². The number of hydrogen-bond acceptors (Lipinski definition) is 4. The fraction of sp³-hybridized carbons (Fsp3) is 0.0741. The molecule has 0 saturated heterocycles. The number of ether oxygens (including phenoxy) is 1. The first-order valence-electron chi connectivity index (χ1n) is 10.3. The number of carbonyl (C=O) groups is 1. The monoisotopic (exact) mass is 470 g/mol. The van der Waals surface area contributed by atoms with E-state index in [9.17, 15) is 10.1 Å². The van der Waals surface area contributed by atoms with Crippen LogP contribution in [-0.2, 0) is 0 Å². The molecule has 0 amide bonds. The zero-order valence-electron chi connectivity index (χ0n) is 17.3. The number of nitriles is 1. The van der Waals surface area contributed by atoms with Crippen molar-refractivity contribution in [1.82, 2.24) is 4.98 Å². The number of ketones is 1. The lowest BCUT2D eigenvalue weighted by Gasteiger charge is -2.27. The topological polar surface area (TPSA) is 63.0 Å². The molecule has 0 N–H and O–H groups in total. The smallest absolute Gasteiger partial charge is 0.223 e. The van der Waals surface area contributed by atoms with E-state index in [1.807, 2.05) is 30.3 Å². The molecule has 0 spiro atoms. The first kappa shape index (κ1) is 21.2. The number of benzene rings is 3. The normalized spacial score (nSPS) is 15.0. The first-order valence-corrected chi connectivity index (χ1v) is 11.1. The second kappa shape index (κ2) is 8.71. The molecule has 1 unspecified atom stereocenters. The minimum atomic E-state index is -0.510. The quantitative estimate of drug-likeness (QED) is 0.295. The molecule has 160 valence electrons. The third-order valence-corrected chi connectivity index (χ3v) is 6.17. The van der Waals surface area contributed by atoms with Crippen LogP contribution in [0.15, 0.2) is 84.4 Å². The third-order valence-electron chi connectivity index (χ3n) is 5.67. The summed E-state index contributed by atoms with van der Waals surface area (Å²) in [7, 11) is 0. The fourth-order valence-corrected chi connectivity index (χ4v) is 4.26. The SMILES string of the molecule is N#CC1=C(c2ccc(Cl)cc2)Oc2nc3ccccc3cc2C1CC(=O)c1ccc(Cl)cc1. The van der Waals surface area contributed by atoms with Crippen molar-refractivity contribution >= 4 is 45.6 Å². The zero-order chi connectivity index (χ0) is 22.9. The molecule has 3 aromatic carbocycles. The largest absolute Gasteiger partial charge is 0.437 e. The van der Waals surface area contributed by atoms with Crippen LogP contribution in [0.25, 0.3) is 16.7 Å². The molecule has 1 aromatic heterocycles. The van der Waals surface area contributed by atoms with Crippen LogP contribution in [0.5, 0.6) is 5.88 Å². The summed E-state index contributed by atoms with van der Waals surface area (Å²) in [6.45, 7) is 0. The molecule has 0 aliphatic carbocycles. The van der Waals surface area contributed by atoms with Gasteiger partial charge in [-0.1, -0.05) is 41.4 Å². The van der Waals surface area contributed by atoms with Gasteiger partial charge in [0.25, 0.3) is 0 Å². The van der Waals surface area contributed by atoms with Crippen LogP contribution in [0.1, 0.15) is 33.8 Å². The molecule has 0 bridgehead atoms. The Kier molecular flexibility index (Phi) is 5.60. The van der Waals surface area contributed by atoms with Crippen molar-refractivity contribution in [3.63, 3.8) is 0 Å². The molecule has 1 atom stereocenters. The molecule has 6 heteroatoms. The van der Waals surface area contributed by atoms with Crippen molar-refractivity contribution < 1.29 is 9.53 Å². The summed E-state index contributed by atoms with van der Waals surface area (Å²) in [5, 5.41) is 12.2. The van der Waals surface area contributed by atoms with E-state index in [1.54, 1.807) is 48.5 Å². The summed E-state index contributed by atoms with van der Waals surface area (Å²) in [5.41, 5.74) is 3.09. The highest BCUT2D eigenvalue weighted by atomic mass is 35.5. The number of nitrogens with zero attached hydrogens (tertiary/aromatic N) is 2. The van der Waals surface area contributed by atoms with Gasteiger partial charge in [-0.2, -0.15) is 5.26 Å². The van der Waals surface area contributed by atoms with Crippen molar-refractivity contribution in [3.05, 3.63) is 111 Å². The second-order valence-corrected chi connectivity index (χ2v) is 8.60. The number of halogens is 2. The number of para-hydroxylation sites is 1. The van der Waals surface area contributed by atoms with Crippen LogP contribution in [0, 0.1) is 11.3 Å². The predicted molar refractivity (Wildman–Crippen MR) is 129 cm³/mol. The van der Waals surface area contributed by atoms with Crippen LogP contribution < -0.4 is 4.74 Å². The number of hydrogen-bond donors (Lipinski definition) is 0. The van der Waals surface area contributed by atoms with Gasteiger partial charge in [0.05, 0.1) is 17.2 Å². The fourth-order valence-electron chi connectivity index (χ4n) is 4.01. The highest BCUT2D eigenvalue weighted by molar-refractivity contribution is 6.31. The van der Waals surface area contributed by atoms with Gasteiger partial charge in [-0.05, 0) is 60.7 Å². The first-order chi connectivity index (χ1) is 16.0. The summed E-state index contributed by atoms with van der Waals surface area (Å²) in [4.78, 5) is 17.9. The van der Waals surface area contributed by atoms with Crippen LogP contribution in [0.2, 0.25) is 10.0 Å². The summed E-state index contributed by atoms with van der Waals surface area (Å²) >= 11 is 12.0. The van der Waals surface area contributed by atoms with Crippen molar-refractivity contribution in [1.29, 1.82) is 5.26 Å². The van der Waals surface area contributed by atoms with Crippen molar-refractivity contribution in [2.24, 2.45) is 0 Å². The Morgan fingerprint density at radius 2 is 1.64 bits per heavy atom. The number of allylic oxidation sites excluding steroid dienone is 1. The van der Waals surface area contributed by atoms with E-state index in [0.29, 0.717) is 43.9 Å². The Morgan fingerprint density at radius 1 is 0.970 bits per heavy atom. The molecule has 5 rings (SSSR count). The van der Waals surface area contributed by atoms with Crippen LogP contribution in [-0.4, -0.2) is 10.8 Å². The lowest BCUT2D eigenvalue weighted by Crippen LogP contribution is -2.18.